The van der Waals surface area contributed by atoms with Crippen molar-refractivity contribution in [2.75, 3.05) is 40.9 Å². The minimum Gasteiger partial charge on any atom is -0.756 e. The number of hydrogen-bond acceptors (Lipinski definition) is 6. The van der Waals surface area contributed by atoms with Crippen LogP contribution < -0.4 is 10.2 Å². The van der Waals surface area contributed by atoms with Crippen LogP contribution in [0.2, 0.25) is 0 Å². The number of aliphatic hydroxyl groups is 1. The lowest BCUT2D eigenvalue weighted by atomic mass is 10.0. The number of unbranched alkanes of at least 4 members (excludes halogenated alkanes) is 50. The van der Waals surface area contributed by atoms with Crippen molar-refractivity contribution < 1.29 is 32.9 Å². The van der Waals surface area contributed by atoms with E-state index in [1.54, 1.807) is 0 Å². The Labute approximate surface area is 463 Å². The van der Waals surface area contributed by atoms with Crippen LogP contribution in [0.25, 0.3) is 0 Å². The van der Waals surface area contributed by atoms with E-state index in [0.29, 0.717) is 23.9 Å². The summed E-state index contributed by atoms with van der Waals surface area (Å²) in [5, 5.41) is 14.1. The number of phosphoric ester groups is 1. The van der Waals surface area contributed by atoms with E-state index in [9.17, 15) is 19.4 Å². The zero-order valence-corrected chi connectivity index (χ0v) is 51.7. The summed E-state index contributed by atoms with van der Waals surface area (Å²) in [6.45, 7) is 4.80. The van der Waals surface area contributed by atoms with Crippen LogP contribution in [0.3, 0.4) is 0 Å². The van der Waals surface area contributed by atoms with Crippen LogP contribution in [-0.2, 0) is 18.4 Å². The minimum atomic E-state index is -4.57. The van der Waals surface area contributed by atoms with Gasteiger partial charge in [-0.05, 0) is 12.8 Å². The summed E-state index contributed by atoms with van der Waals surface area (Å²) in [5.74, 6) is -0.154. The molecule has 0 radical (unpaired) electrons. The maximum absolute atomic E-state index is 13.0. The molecule has 0 aromatic carbocycles. The van der Waals surface area contributed by atoms with Crippen molar-refractivity contribution in [3.05, 3.63) is 0 Å². The summed E-state index contributed by atoms with van der Waals surface area (Å²) in [5.41, 5.74) is 0. The lowest BCUT2D eigenvalue weighted by Crippen LogP contribution is -2.46. The highest BCUT2D eigenvalue weighted by Crippen LogP contribution is 2.38. The first kappa shape index (κ1) is 73.5. The fourth-order valence-electron chi connectivity index (χ4n) is 10.6. The van der Waals surface area contributed by atoms with Gasteiger partial charge in [-0.15, -0.1) is 0 Å². The third-order valence-electron chi connectivity index (χ3n) is 15.8. The SMILES string of the molecule is CCCCCCCCCCCCCCCCCCCCCCCCCCCCCCCCC(=O)NC(COP(=O)([O-])OCC[N+](C)(C)C)C(O)CCCCCCCCCCCCCCCCCCCCCCCC. The second-order valence-corrected chi connectivity index (χ2v) is 26.0. The number of hydrogen-bond donors (Lipinski definition) is 2. The minimum absolute atomic E-state index is 0.0169. The van der Waals surface area contributed by atoms with E-state index in [-0.39, 0.29) is 19.1 Å². The molecule has 9 heteroatoms. The number of rotatable bonds is 63. The first-order valence-electron chi connectivity index (χ1n) is 33.4. The first-order chi connectivity index (χ1) is 36.0. The highest BCUT2D eigenvalue weighted by atomic mass is 31.2. The molecule has 74 heavy (non-hydrogen) atoms. The standard InChI is InChI=1S/C65H133N2O6P/c1-6-8-10-12-14-16-18-20-22-24-26-28-30-31-32-33-34-35-36-37-39-41-43-45-47-49-51-53-55-57-59-65(69)66-63(62-73-74(70,71)72-61-60-67(3,4)5)64(68)58-56-54-52-50-48-46-44-42-40-38-29-27-25-23-21-19-17-15-13-11-9-7-2/h63-64,68H,6-62H2,1-5H3,(H-,66,69,70,71). The summed E-state index contributed by atoms with van der Waals surface area (Å²) in [4.78, 5) is 25.6. The van der Waals surface area contributed by atoms with Gasteiger partial charge in [0.2, 0.25) is 5.91 Å². The zero-order chi connectivity index (χ0) is 54.2. The largest absolute Gasteiger partial charge is 0.756 e. The lowest BCUT2D eigenvalue weighted by Gasteiger charge is -2.30. The van der Waals surface area contributed by atoms with Gasteiger partial charge in [-0.25, -0.2) is 0 Å². The maximum Gasteiger partial charge on any atom is 0.268 e. The van der Waals surface area contributed by atoms with Gasteiger partial charge in [0.05, 0.1) is 39.9 Å². The van der Waals surface area contributed by atoms with Crippen molar-refractivity contribution in [3.63, 3.8) is 0 Å². The second kappa shape index (κ2) is 57.2. The van der Waals surface area contributed by atoms with Gasteiger partial charge < -0.3 is 28.8 Å². The predicted molar refractivity (Wildman–Crippen MR) is 321 cm³/mol. The molecule has 2 N–H and O–H groups in total. The van der Waals surface area contributed by atoms with Crippen LogP contribution in [0.1, 0.15) is 361 Å². The number of aliphatic hydroxyl groups excluding tert-OH is 1. The van der Waals surface area contributed by atoms with Crippen LogP contribution in [0.5, 0.6) is 0 Å². The van der Waals surface area contributed by atoms with Gasteiger partial charge in [0.15, 0.2) is 0 Å². The second-order valence-electron chi connectivity index (χ2n) is 24.5. The number of carbonyl (C=O) groups is 1. The molecule has 3 atom stereocenters. The van der Waals surface area contributed by atoms with Gasteiger partial charge >= 0.3 is 0 Å². The van der Waals surface area contributed by atoms with Crippen molar-refractivity contribution in [1.29, 1.82) is 0 Å². The average Bonchev–Trinajstić information content (AvgIpc) is 3.36. The van der Waals surface area contributed by atoms with E-state index < -0.39 is 20.0 Å². The Morgan fingerprint density at radius 1 is 0.419 bits per heavy atom. The molecule has 3 unspecified atom stereocenters. The molecule has 444 valence electrons. The molecule has 0 aromatic heterocycles. The Morgan fingerprint density at radius 3 is 0.919 bits per heavy atom. The molecule has 1 amide bonds. The van der Waals surface area contributed by atoms with Crippen LogP contribution in [0.15, 0.2) is 0 Å². The fraction of sp³-hybridized carbons (Fsp3) is 0.985. The molecule has 0 aliphatic carbocycles. The maximum atomic E-state index is 13.0. The third-order valence-corrected chi connectivity index (χ3v) is 16.8. The van der Waals surface area contributed by atoms with Gasteiger partial charge in [0, 0.05) is 6.42 Å². The quantitative estimate of drug-likeness (QED) is 0.0357. The molecule has 0 rings (SSSR count). The van der Waals surface area contributed by atoms with Crippen LogP contribution in [-0.4, -0.2) is 68.5 Å². The summed E-state index contributed by atoms with van der Waals surface area (Å²) in [7, 11) is 1.33. The molecule has 0 bridgehead atoms. The van der Waals surface area contributed by atoms with Crippen molar-refractivity contribution in [3.8, 4) is 0 Å². The topological polar surface area (TPSA) is 108 Å². The van der Waals surface area contributed by atoms with Crippen molar-refractivity contribution in [2.24, 2.45) is 0 Å². The number of carbonyl (C=O) groups excluding carboxylic acids is 1. The number of likely N-dealkylation sites (N-methyl/N-ethyl adjacent to an activating group) is 1. The van der Waals surface area contributed by atoms with Gasteiger partial charge in [0.25, 0.3) is 7.82 Å². The van der Waals surface area contributed by atoms with E-state index in [2.05, 4.69) is 19.2 Å². The number of amides is 1. The van der Waals surface area contributed by atoms with E-state index in [0.717, 1.165) is 38.5 Å². The number of quaternary nitrogens is 1. The molecule has 0 spiro atoms. The van der Waals surface area contributed by atoms with Crippen LogP contribution >= 0.6 is 7.82 Å². The molecule has 0 saturated carbocycles. The molecule has 0 aliphatic heterocycles. The third kappa shape index (κ3) is 59.2. The highest BCUT2D eigenvalue weighted by molar-refractivity contribution is 7.45. The number of nitrogens with one attached hydrogen (secondary N) is 1. The first-order valence-corrected chi connectivity index (χ1v) is 34.8. The molecule has 0 saturated heterocycles. The molecular weight excluding hydrogens is 936 g/mol. The van der Waals surface area contributed by atoms with Gasteiger partial charge in [-0.2, -0.15) is 0 Å². The monoisotopic (exact) mass is 1070 g/mol. The average molecular weight is 1070 g/mol. The molecule has 0 heterocycles. The van der Waals surface area contributed by atoms with E-state index >= 15 is 0 Å². The van der Waals surface area contributed by atoms with Gasteiger partial charge in [0.1, 0.15) is 13.2 Å². The van der Waals surface area contributed by atoms with Crippen molar-refractivity contribution >= 4 is 13.7 Å². The summed E-state index contributed by atoms with van der Waals surface area (Å²) < 4.78 is 23.5. The molecule has 8 nitrogen and oxygen atoms in total. The van der Waals surface area contributed by atoms with E-state index in [1.165, 1.54) is 295 Å². The normalized spacial score (nSPS) is 13.7. The summed E-state index contributed by atoms with van der Waals surface area (Å²) in [6, 6.07) is -0.796. The Hall–Kier alpha value is -0.500. The van der Waals surface area contributed by atoms with Crippen LogP contribution in [0.4, 0.5) is 0 Å². The predicted octanol–water partition coefficient (Wildman–Crippen LogP) is 20.1. The Balaban J connectivity index is 4.00. The van der Waals surface area contributed by atoms with Crippen LogP contribution in [0, 0.1) is 0 Å². The van der Waals surface area contributed by atoms with Gasteiger partial charge in [-0.1, -0.05) is 341 Å². The molecule has 0 aliphatic rings. The molecule has 0 aromatic rings. The number of phosphoric acid groups is 1. The van der Waals surface area contributed by atoms with Gasteiger partial charge in [-0.3, -0.25) is 9.36 Å². The Bertz CT molecular complexity index is 1170. The zero-order valence-electron chi connectivity index (χ0n) is 50.8. The molecule has 0 fully saturated rings. The van der Waals surface area contributed by atoms with E-state index in [1.807, 2.05) is 21.1 Å². The molecular formula is C65H133N2O6P. The van der Waals surface area contributed by atoms with E-state index in [4.69, 9.17) is 9.05 Å². The summed E-state index contributed by atoms with van der Waals surface area (Å²) in [6.07, 6.45) is 70.3. The van der Waals surface area contributed by atoms with Crippen molar-refractivity contribution in [1.82, 2.24) is 5.32 Å². The Morgan fingerprint density at radius 2 is 0.662 bits per heavy atom. The Kier molecular flexibility index (Phi) is 56.8. The highest BCUT2D eigenvalue weighted by Gasteiger charge is 2.24. The van der Waals surface area contributed by atoms with Crippen molar-refractivity contribution in [2.45, 2.75) is 373 Å². The lowest BCUT2D eigenvalue weighted by molar-refractivity contribution is -0.870. The smallest absolute Gasteiger partial charge is 0.268 e. The fourth-order valence-corrected chi connectivity index (χ4v) is 11.4. The number of nitrogens with zero attached hydrogens (tertiary/aromatic N) is 1. The summed E-state index contributed by atoms with van der Waals surface area (Å²) >= 11 is 0.